The molecule has 1 aliphatic carbocycles. The maximum atomic E-state index is 11.9. The second-order valence-electron chi connectivity index (χ2n) is 7.96. The molecule has 2 aliphatic rings. The summed E-state index contributed by atoms with van der Waals surface area (Å²) in [6.45, 7) is 5.03. The van der Waals surface area contributed by atoms with E-state index in [0.29, 0.717) is 6.54 Å². The van der Waals surface area contributed by atoms with Gasteiger partial charge in [-0.25, -0.2) is 0 Å². The van der Waals surface area contributed by atoms with Gasteiger partial charge in [0.2, 0.25) is 0 Å². The summed E-state index contributed by atoms with van der Waals surface area (Å²) in [5.41, 5.74) is 6.43. The third kappa shape index (κ3) is 4.24. The van der Waals surface area contributed by atoms with Crippen LogP contribution in [0.5, 0.6) is 0 Å². The highest BCUT2D eigenvalue weighted by molar-refractivity contribution is 5.94. The summed E-state index contributed by atoms with van der Waals surface area (Å²) < 4.78 is 0. The van der Waals surface area contributed by atoms with Crippen molar-refractivity contribution in [3.8, 4) is 0 Å². The summed E-state index contributed by atoms with van der Waals surface area (Å²) in [5.74, 6) is 0.00472. The minimum absolute atomic E-state index is 0.00472. The Kier molecular flexibility index (Phi) is 5.58. The summed E-state index contributed by atoms with van der Waals surface area (Å²) in [6, 6.07) is 15.9. The van der Waals surface area contributed by atoms with Gasteiger partial charge in [0, 0.05) is 31.2 Å². The number of nitrogens with one attached hydrogen (secondary N) is 1. The van der Waals surface area contributed by atoms with Crippen LogP contribution in [0, 0.1) is 0 Å². The van der Waals surface area contributed by atoms with Crippen molar-refractivity contribution in [1.82, 2.24) is 10.2 Å². The third-order valence-corrected chi connectivity index (χ3v) is 6.16. The molecule has 1 heterocycles. The van der Waals surface area contributed by atoms with Gasteiger partial charge in [0.15, 0.2) is 0 Å². The van der Waals surface area contributed by atoms with E-state index in [0.717, 1.165) is 18.0 Å². The predicted molar refractivity (Wildman–Crippen MR) is 110 cm³/mol. The van der Waals surface area contributed by atoms with Gasteiger partial charge in [-0.05, 0) is 73.4 Å². The molecule has 3 heteroatoms. The van der Waals surface area contributed by atoms with E-state index < -0.39 is 0 Å². The van der Waals surface area contributed by atoms with Crippen LogP contribution in [0.15, 0.2) is 42.5 Å². The zero-order valence-corrected chi connectivity index (χ0v) is 16.3. The number of benzene rings is 2. The van der Waals surface area contributed by atoms with Gasteiger partial charge in [0.1, 0.15) is 0 Å². The standard InChI is InChI=1S/C24H30N2O/c1-2-25-24(27)21-10-6-18(7-11-21)16-19-8-9-20-12-14-26(23-4-3-5-23)15-13-22(20)17-19/h6-11,17,23H,2-5,12-16H2,1H3,(H,25,27). The first kappa shape index (κ1) is 18.2. The molecule has 1 saturated carbocycles. The lowest BCUT2D eigenvalue weighted by Crippen LogP contribution is -2.41. The molecule has 0 spiro atoms. The third-order valence-electron chi connectivity index (χ3n) is 6.16. The largest absolute Gasteiger partial charge is 0.352 e. The SMILES string of the molecule is CCNC(=O)c1ccc(Cc2ccc3c(c2)CCN(C2CCC2)CC3)cc1. The molecule has 3 nitrogen and oxygen atoms in total. The molecule has 0 atom stereocenters. The number of carbonyl (C=O) groups is 1. The van der Waals surface area contributed by atoms with Crippen molar-refractivity contribution < 1.29 is 4.79 Å². The highest BCUT2D eigenvalue weighted by Gasteiger charge is 2.26. The van der Waals surface area contributed by atoms with Crippen LogP contribution in [0.25, 0.3) is 0 Å². The number of fused-ring (bicyclic) bond motifs is 1. The van der Waals surface area contributed by atoms with E-state index in [9.17, 15) is 4.79 Å². The summed E-state index contributed by atoms with van der Waals surface area (Å²) in [6.07, 6.45) is 7.50. The molecule has 2 aromatic carbocycles. The van der Waals surface area contributed by atoms with Gasteiger partial charge < -0.3 is 5.32 Å². The normalized spacial score (nSPS) is 17.7. The van der Waals surface area contributed by atoms with E-state index in [1.807, 2.05) is 19.1 Å². The fourth-order valence-electron chi connectivity index (χ4n) is 4.30. The molecule has 2 aromatic rings. The summed E-state index contributed by atoms with van der Waals surface area (Å²) >= 11 is 0. The Morgan fingerprint density at radius 3 is 2.37 bits per heavy atom. The fraction of sp³-hybridized carbons (Fsp3) is 0.458. The molecule has 0 unspecified atom stereocenters. The zero-order valence-electron chi connectivity index (χ0n) is 16.3. The first-order valence-electron chi connectivity index (χ1n) is 10.4. The van der Waals surface area contributed by atoms with Crippen molar-refractivity contribution in [2.45, 2.75) is 51.5 Å². The monoisotopic (exact) mass is 362 g/mol. The summed E-state index contributed by atoms with van der Waals surface area (Å²) in [7, 11) is 0. The number of hydrogen-bond donors (Lipinski definition) is 1. The lowest BCUT2D eigenvalue weighted by molar-refractivity contribution is 0.0956. The van der Waals surface area contributed by atoms with Crippen LogP contribution in [0.1, 0.15) is 58.8 Å². The van der Waals surface area contributed by atoms with Crippen molar-refractivity contribution >= 4 is 5.91 Å². The van der Waals surface area contributed by atoms with Crippen LogP contribution in [-0.2, 0) is 19.3 Å². The van der Waals surface area contributed by atoms with E-state index in [4.69, 9.17) is 0 Å². The van der Waals surface area contributed by atoms with Gasteiger partial charge in [-0.3, -0.25) is 9.69 Å². The van der Waals surface area contributed by atoms with E-state index in [2.05, 4.69) is 40.5 Å². The lowest BCUT2D eigenvalue weighted by atomic mass is 9.91. The number of rotatable bonds is 5. The van der Waals surface area contributed by atoms with Crippen molar-refractivity contribution in [3.05, 3.63) is 70.3 Å². The first-order chi connectivity index (χ1) is 13.2. The van der Waals surface area contributed by atoms with E-state index in [-0.39, 0.29) is 5.91 Å². The average molecular weight is 363 g/mol. The Bertz CT molecular complexity index is 793. The number of carbonyl (C=O) groups excluding carboxylic acids is 1. The average Bonchev–Trinajstić information content (AvgIpc) is 2.84. The van der Waals surface area contributed by atoms with E-state index >= 15 is 0 Å². The maximum absolute atomic E-state index is 11.9. The van der Waals surface area contributed by atoms with Crippen LogP contribution in [0.4, 0.5) is 0 Å². The van der Waals surface area contributed by atoms with Gasteiger partial charge in [-0.2, -0.15) is 0 Å². The van der Waals surface area contributed by atoms with Gasteiger partial charge in [-0.1, -0.05) is 36.8 Å². The summed E-state index contributed by atoms with van der Waals surface area (Å²) in [4.78, 5) is 14.6. The molecule has 1 fully saturated rings. The van der Waals surface area contributed by atoms with Crippen molar-refractivity contribution in [2.24, 2.45) is 0 Å². The minimum atomic E-state index is 0.00472. The van der Waals surface area contributed by atoms with Crippen molar-refractivity contribution in [2.75, 3.05) is 19.6 Å². The van der Waals surface area contributed by atoms with Gasteiger partial charge in [0.25, 0.3) is 5.91 Å². The highest BCUT2D eigenvalue weighted by Crippen LogP contribution is 2.28. The van der Waals surface area contributed by atoms with Gasteiger partial charge in [-0.15, -0.1) is 0 Å². The molecule has 1 N–H and O–H groups in total. The molecule has 0 bridgehead atoms. The van der Waals surface area contributed by atoms with Gasteiger partial charge >= 0.3 is 0 Å². The number of hydrogen-bond acceptors (Lipinski definition) is 2. The van der Waals surface area contributed by atoms with Crippen molar-refractivity contribution in [3.63, 3.8) is 0 Å². The molecule has 0 radical (unpaired) electrons. The predicted octanol–water partition coefficient (Wildman–Crippen LogP) is 3.98. The fourth-order valence-corrected chi connectivity index (χ4v) is 4.30. The van der Waals surface area contributed by atoms with Gasteiger partial charge in [0.05, 0.1) is 0 Å². The Morgan fingerprint density at radius 1 is 1.00 bits per heavy atom. The molecular formula is C24H30N2O. The van der Waals surface area contributed by atoms with Crippen LogP contribution < -0.4 is 5.32 Å². The molecule has 0 saturated heterocycles. The summed E-state index contributed by atoms with van der Waals surface area (Å²) in [5, 5.41) is 2.85. The highest BCUT2D eigenvalue weighted by atomic mass is 16.1. The Hall–Kier alpha value is -2.13. The molecule has 142 valence electrons. The van der Waals surface area contributed by atoms with E-state index in [1.54, 1.807) is 0 Å². The van der Waals surface area contributed by atoms with Crippen molar-refractivity contribution in [1.29, 1.82) is 0 Å². The Labute approximate surface area is 162 Å². The first-order valence-corrected chi connectivity index (χ1v) is 10.4. The Morgan fingerprint density at radius 2 is 1.70 bits per heavy atom. The molecule has 27 heavy (non-hydrogen) atoms. The Balaban J connectivity index is 1.42. The molecule has 4 rings (SSSR count). The number of nitrogens with zero attached hydrogens (tertiary/aromatic N) is 1. The second-order valence-corrected chi connectivity index (χ2v) is 7.96. The second kappa shape index (κ2) is 8.26. The zero-order chi connectivity index (χ0) is 18.6. The molecule has 1 aliphatic heterocycles. The maximum Gasteiger partial charge on any atom is 0.251 e. The molecular weight excluding hydrogens is 332 g/mol. The number of amides is 1. The van der Waals surface area contributed by atoms with E-state index in [1.165, 1.54) is 67.4 Å². The topological polar surface area (TPSA) is 32.3 Å². The van der Waals surface area contributed by atoms with Crippen LogP contribution in [0.3, 0.4) is 0 Å². The van der Waals surface area contributed by atoms with Crippen LogP contribution >= 0.6 is 0 Å². The lowest BCUT2D eigenvalue weighted by Gasteiger charge is -2.36. The quantitative estimate of drug-likeness (QED) is 0.872. The molecule has 1 amide bonds. The van der Waals surface area contributed by atoms with Crippen LogP contribution in [-0.4, -0.2) is 36.5 Å². The minimum Gasteiger partial charge on any atom is -0.352 e. The smallest absolute Gasteiger partial charge is 0.251 e. The molecule has 0 aromatic heterocycles. The van der Waals surface area contributed by atoms with Crippen LogP contribution in [0.2, 0.25) is 0 Å².